The van der Waals surface area contributed by atoms with Gasteiger partial charge in [-0.25, -0.2) is 17.6 Å². The van der Waals surface area contributed by atoms with Crippen LogP contribution < -0.4 is 16.4 Å². The Balaban J connectivity index is 2.06. The molecule has 0 spiro atoms. The van der Waals surface area contributed by atoms with Crippen LogP contribution in [0.5, 0.6) is 0 Å². The molecule has 0 saturated carbocycles. The highest BCUT2D eigenvalue weighted by Crippen LogP contribution is 2.34. The molecule has 29 heavy (non-hydrogen) atoms. The molecule has 1 heterocycles. The summed E-state index contributed by atoms with van der Waals surface area (Å²) in [5, 5.41) is 4.26. The Morgan fingerprint density at radius 3 is 2.03 bits per heavy atom. The van der Waals surface area contributed by atoms with Crippen LogP contribution in [0.1, 0.15) is 0 Å². The second-order valence-corrected chi connectivity index (χ2v) is 5.84. The number of rotatable bonds is 4. The molecule has 2 aromatic carbocycles. The first-order chi connectivity index (χ1) is 13.8. The lowest BCUT2D eigenvalue weighted by molar-refractivity contribution is -0.119. The van der Waals surface area contributed by atoms with Crippen LogP contribution in [0.3, 0.4) is 0 Å². The van der Waals surface area contributed by atoms with Crippen molar-refractivity contribution in [2.24, 2.45) is 5.73 Å². The van der Waals surface area contributed by atoms with Crippen LogP contribution in [0.15, 0.2) is 66.0 Å². The molecule has 0 unspecified atom stereocenters. The summed E-state index contributed by atoms with van der Waals surface area (Å²) < 4.78 is 57.9. The fourth-order valence-electron chi connectivity index (χ4n) is 2.69. The predicted octanol–water partition coefficient (Wildman–Crippen LogP) is 3.26. The summed E-state index contributed by atoms with van der Waals surface area (Å²) >= 11 is 0. The zero-order chi connectivity index (χ0) is 21.1. The number of amides is 2. The highest BCUT2D eigenvalue weighted by Gasteiger charge is 2.29. The van der Waals surface area contributed by atoms with Crippen LogP contribution >= 0.6 is 0 Å². The summed E-state index contributed by atoms with van der Waals surface area (Å²) in [6, 6.07) is 6.96. The van der Waals surface area contributed by atoms with Gasteiger partial charge >= 0.3 is 0 Å². The molecule has 0 radical (unpaired) electrons. The number of halogens is 4. The Labute approximate surface area is 162 Å². The summed E-state index contributed by atoms with van der Waals surface area (Å²) in [5.41, 5.74) is 2.03. The Kier molecular flexibility index (Phi) is 5.49. The SMILES string of the molecule is NC(=O)/C(C(=O)Nc1c(F)c(F)c(-c2ccccc2)c(F)c1F)=C1/C=CC=CN1. The third kappa shape index (κ3) is 3.75. The monoisotopic (exact) mass is 403 g/mol. The average molecular weight is 403 g/mol. The topological polar surface area (TPSA) is 84.2 Å². The summed E-state index contributed by atoms with van der Waals surface area (Å²) in [7, 11) is 0. The number of carbonyl (C=O) groups excluding carboxylic acids is 2. The van der Waals surface area contributed by atoms with Crippen LogP contribution in [-0.4, -0.2) is 11.8 Å². The number of carbonyl (C=O) groups is 2. The lowest BCUT2D eigenvalue weighted by Gasteiger charge is -2.15. The molecule has 1 aliphatic rings. The Morgan fingerprint density at radius 2 is 1.52 bits per heavy atom. The van der Waals surface area contributed by atoms with Crippen molar-refractivity contribution < 1.29 is 27.2 Å². The maximum Gasteiger partial charge on any atom is 0.263 e. The molecule has 2 amide bonds. The number of hydrogen-bond acceptors (Lipinski definition) is 3. The first kappa shape index (κ1) is 19.9. The van der Waals surface area contributed by atoms with Gasteiger partial charge in [0.05, 0.1) is 11.3 Å². The van der Waals surface area contributed by atoms with Crippen molar-refractivity contribution in [2.75, 3.05) is 5.32 Å². The highest BCUT2D eigenvalue weighted by molar-refractivity contribution is 6.23. The van der Waals surface area contributed by atoms with Gasteiger partial charge in [-0.05, 0) is 17.7 Å². The van der Waals surface area contributed by atoms with Gasteiger partial charge in [-0.1, -0.05) is 36.4 Å². The molecule has 1 aliphatic heterocycles. The van der Waals surface area contributed by atoms with E-state index in [0.717, 1.165) is 0 Å². The van der Waals surface area contributed by atoms with Gasteiger partial charge in [0, 0.05) is 6.20 Å². The lowest BCUT2D eigenvalue weighted by Crippen LogP contribution is -2.30. The minimum Gasteiger partial charge on any atom is -0.365 e. The van der Waals surface area contributed by atoms with Crippen LogP contribution in [0.2, 0.25) is 0 Å². The summed E-state index contributed by atoms with van der Waals surface area (Å²) in [6.07, 6.45) is 5.70. The molecular weight excluding hydrogens is 390 g/mol. The van der Waals surface area contributed by atoms with Gasteiger partial charge in [0.2, 0.25) is 0 Å². The molecule has 4 N–H and O–H groups in total. The van der Waals surface area contributed by atoms with Crippen LogP contribution in [0, 0.1) is 23.3 Å². The normalized spacial score (nSPS) is 14.3. The van der Waals surface area contributed by atoms with E-state index in [4.69, 9.17) is 5.73 Å². The number of hydrogen-bond donors (Lipinski definition) is 3. The third-order valence-electron chi connectivity index (χ3n) is 4.02. The number of dihydropyridines is 1. The van der Waals surface area contributed by atoms with Gasteiger partial charge in [0.15, 0.2) is 23.3 Å². The fraction of sp³-hybridized carbons (Fsp3) is 0. The zero-order valence-corrected chi connectivity index (χ0v) is 14.6. The Morgan fingerprint density at radius 1 is 0.897 bits per heavy atom. The maximum absolute atomic E-state index is 14.5. The predicted molar refractivity (Wildman–Crippen MR) is 98.0 cm³/mol. The Hall–Kier alpha value is -3.88. The summed E-state index contributed by atoms with van der Waals surface area (Å²) in [5.74, 6) is -9.60. The van der Waals surface area contributed by atoms with Crippen molar-refractivity contribution in [3.05, 3.63) is 89.3 Å². The van der Waals surface area contributed by atoms with E-state index in [0.29, 0.717) is 0 Å². The van der Waals surface area contributed by atoms with E-state index >= 15 is 0 Å². The van der Waals surface area contributed by atoms with Gasteiger partial charge in [0.1, 0.15) is 11.3 Å². The van der Waals surface area contributed by atoms with Crippen LogP contribution in [0.25, 0.3) is 11.1 Å². The van der Waals surface area contributed by atoms with Crippen molar-refractivity contribution in [2.45, 2.75) is 0 Å². The molecule has 0 aliphatic carbocycles. The second kappa shape index (κ2) is 8.01. The number of nitrogens with two attached hydrogens (primary N) is 1. The number of benzene rings is 2. The van der Waals surface area contributed by atoms with E-state index in [1.54, 1.807) is 17.5 Å². The Bertz CT molecular complexity index is 1060. The fourth-order valence-corrected chi connectivity index (χ4v) is 2.69. The smallest absolute Gasteiger partial charge is 0.263 e. The first-order valence-electron chi connectivity index (χ1n) is 8.19. The number of allylic oxidation sites excluding steroid dienone is 3. The van der Waals surface area contributed by atoms with E-state index in [1.807, 2.05) is 0 Å². The summed E-state index contributed by atoms with van der Waals surface area (Å²) in [4.78, 5) is 24.0. The van der Waals surface area contributed by atoms with E-state index in [9.17, 15) is 27.2 Å². The molecule has 0 atom stereocenters. The molecule has 0 fully saturated rings. The maximum atomic E-state index is 14.5. The standard InChI is InChI=1S/C20H13F4N3O2/c21-14-12(10-6-2-1-3-7-10)15(22)17(24)18(16(14)23)27-20(29)13(19(25)28)11-8-4-5-9-26-11/h1-9,26H,(H2,25,28)(H,27,29)/b13-11+. The quantitative estimate of drug-likeness (QED) is 0.241. The molecule has 5 nitrogen and oxygen atoms in total. The average Bonchev–Trinajstić information content (AvgIpc) is 2.71. The highest BCUT2D eigenvalue weighted by atomic mass is 19.2. The number of primary amides is 1. The second-order valence-electron chi connectivity index (χ2n) is 5.84. The van der Waals surface area contributed by atoms with Gasteiger partial charge in [-0.15, -0.1) is 0 Å². The van der Waals surface area contributed by atoms with Crippen molar-refractivity contribution in [1.29, 1.82) is 0 Å². The summed E-state index contributed by atoms with van der Waals surface area (Å²) in [6.45, 7) is 0. The van der Waals surface area contributed by atoms with E-state index < -0.39 is 51.9 Å². The largest absolute Gasteiger partial charge is 0.365 e. The van der Waals surface area contributed by atoms with E-state index in [2.05, 4.69) is 5.32 Å². The molecule has 0 aromatic heterocycles. The minimum absolute atomic E-state index is 0.0554. The van der Waals surface area contributed by atoms with Crippen LogP contribution in [-0.2, 0) is 9.59 Å². The van der Waals surface area contributed by atoms with Gasteiger partial charge in [-0.2, -0.15) is 0 Å². The van der Waals surface area contributed by atoms with Gasteiger partial charge in [-0.3, -0.25) is 9.59 Å². The lowest BCUT2D eigenvalue weighted by atomic mass is 10.0. The first-order valence-corrected chi connectivity index (χ1v) is 8.19. The van der Waals surface area contributed by atoms with E-state index in [-0.39, 0.29) is 11.3 Å². The van der Waals surface area contributed by atoms with Crippen LogP contribution in [0.4, 0.5) is 23.2 Å². The molecular formula is C20H13F4N3O2. The third-order valence-corrected chi connectivity index (χ3v) is 4.02. The number of anilines is 1. The molecule has 9 heteroatoms. The molecule has 3 rings (SSSR count). The molecule has 0 bridgehead atoms. The van der Waals surface area contributed by atoms with Crippen molar-refractivity contribution in [1.82, 2.24) is 5.32 Å². The van der Waals surface area contributed by atoms with E-state index in [1.165, 1.54) is 42.6 Å². The zero-order valence-electron chi connectivity index (χ0n) is 14.6. The molecule has 148 valence electrons. The molecule has 0 saturated heterocycles. The number of nitrogens with one attached hydrogen (secondary N) is 2. The van der Waals surface area contributed by atoms with Crippen molar-refractivity contribution in [3.8, 4) is 11.1 Å². The van der Waals surface area contributed by atoms with Crippen molar-refractivity contribution in [3.63, 3.8) is 0 Å². The molecule has 2 aromatic rings. The van der Waals surface area contributed by atoms with Gasteiger partial charge < -0.3 is 16.4 Å². The van der Waals surface area contributed by atoms with Crippen molar-refractivity contribution >= 4 is 17.5 Å². The van der Waals surface area contributed by atoms with Gasteiger partial charge in [0.25, 0.3) is 11.8 Å². The minimum atomic E-state index is -1.82.